The van der Waals surface area contributed by atoms with Gasteiger partial charge in [-0.05, 0) is 91.4 Å². The number of carbonyl (C=O) groups is 2. The number of hydrogen-bond donors (Lipinski definition) is 1. The first kappa shape index (κ1) is 46.8. The average Bonchev–Trinajstić information content (AvgIpc) is 3.91. The second-order valence-corrected chi connectivity index (χ2v) is 17.4. The number of rotatable bonds is 20. The third kappa shape index (κ3) is 11.0. The molecule has 1 atom stereocenters. The van der Waals surface area contributed by atoms with E-state index in [1.807, 2.05) is 61.5 Å². The van der Waals surface area contributed by atoms with Crippen molar-refractivity contribution in [2.24, 2.45) is 4.99 Å². The molecule has 64 heavy (non-hydrogen) atoms. The summed E-state index contributed by atoms with van der Waals surface area (Å²) in [6, 6.07) is 23.0. The summed E-state index contributed by atoms with van der Waals surface area (Å²) in [6.45, 7) is 12.0. The standard InChI is InChI=1S/C49H51ClN6O6S.H2S/c1-30-15-16-51-47(44(30)37-8-7-36-27-41(58)28-38(36)26-37)52-17-18-59-19-20-60-21-22-61-23-24-62-42-13-5-34(6-14-42)25-40(57)29-43-48-55-54-33(4)56(48)49-45(31(2)32(3)63-49)46(53-43)35-9-11-39(50)12-10-35;/h5-16,26,43H,17-25,27-29H2,1-4H3,(H,51,52);1H2/t43-;/m0./s1. The molecule has 334 valence electrons. The molecule has 1 N–H and O–H groups in total. The lowest BCUT2D eigenvalue weighted by molar-refractivity contribution is -0.119. The second-order valence-electron chi connectivity index (χ2n) is 15.8. The van der Waals surface area contributed by atoms with Crippen LogP contribution in [0.25, 0.3) is 16.1 Å². The number of carbonyl (C=O) groups excluding carboxylic acids is 2. The first-order valence-corrected chi connectivity index (χ1v) is 22.5. The zero-order valence-electron chi connectivity index (χ0n) is 36.5. The van der Waals surface area contributed by atoms with Crippen molar-refractivity contribution < 1.29 is 28.5 Å². The molecule has 3 aromatic heterocycles. The maximum Gasteiger partial charge on any atom is 0.163 e. The first-order valence-electron chi connectivity index (χ1n) is 21.3. The number of aliphatic imine (C=N–C) groups is 1. The van der Waals surface area contributed by atoms with Gasteiger partial charge in [-0.25, -0.2) is 4.98 Å². The van der Waals surface area contributed by atoms with Gasteiger partial charge in [0.05, 0.1) is 45.4 Å². The number of halogens is 1. The Labute approximate surface area is 389 Å². The predicted molar refractivity (Wildman–Crippen MR) is 257 cm³/mol. The molecule has 1 aliphatic carbocycles. The Balaban J connectivity index is 0.00000612. The van der Waals surface area contributed by atoms with Crippen LogP contribution in [-0.4, -0.2) is 89.8 Å². The van der Waals surface area contributed by atoms with Crippen LogP contribution in [0.5, 0.6) is 5.75 Å². The molecule has 0 fully saturated rings. The van der Waals surface area contributed by atoms with E-state index < -0.39 is 6.04 Å². The van der Waals surface area contributed by atoms with Gasteiger partial charge in [-0.15, -0.1) is 21.5 Å². The summed E-state index contributed by atoms with van der Waals surface area (Å²) in [6.07, 6.45) is 3.27. The minimum atomic E-state index is -0.507. The number of ketones is 2. The minimum absolute atomic E-state index is 0. The van der Waals surface area contributed by atoms with E-state index in [4.69, 9.17) is 35.5 Å². The summed E-state index contributed by atoms with van der Waals surface area (Å²) in [5, 5.41) is 14.0. The van der Waals surface area contributed by atoms with Crippen LogP contribution in [0.4, 0.5) is 5.82 Å². The van der Waals surface area contributed by atoms with Crippen molar-refractivity contribution in [1.82, 2.24) is 19.7 Å². The van der Waals surface area contributed by atoms with Gasteiger partial charge < -0.3 is 24.3 Å². The van der Waals surface area contributed by atoms with Crippen LogP contribution in [0.2, 0.25) is 5.02 Å². The number of aromatic nitrogens is 4. The van der Waals surface area contributed by atoms with Crippen molar-refractivity contribution >= 4 is 59.5 Å². The molecule has 1 aliphatic heterocycles. The van der Waals surface area contributed by atoms with Crippen molar-refractivity contribution in [2.75, 3.05) is 58.1 Å². The molecule has 0 radical (unpaired) electrons. The van der Waals surface area contributed by atoms with Gasteiger partial charge in [-0.1, -0.05) is 54.1 Å². The fourth-order valence-electron chi connectivity index (χ4n) is 8.02. The number of nitrogens with one attached hydrogen (secondary N) is 1. The number of benzene rings is 3. The van der Waals surface area contributed by atoms with E-state index in [1.54, 1.807) is 17.5 Å². The van der Waals surface area contributed by atoms with E-state index in [1.165, 1.54) is 4.88 Å². The highest BCUT2D eigenvalue weighted by atomic mass is 35.5. The van der Waals surface area contributed by atoms with Gasteiger partial charge >= 0.3 is 0 Å². The molecule has 8 rings (SSSR count). The highest BCUT2D eigenvalue weighted by Gasteiger charge is 2.32. The third-order valence-electron chi connectivity index (χ3n) is 11.3. The lowest BCUT2D eigenvalue weighted by Gasteiger charge is -2.15. The third-order valence-corrected chi connectivity index (χ3v) is 12.8. The SMILES string of the molecule is Cc1ccnc(NCCOCCOCCOCCOc2ccc(CC(=O)C[C@@H]3N=C(c4ccc(Cl)cc4)c4c(sc(C)c4C)-n4c(C)nnc43)cc2)c1-c1ccc2c(c1)CC(=O)C2.S. The highest BCUT2D eigenvalue weighted by Crippen LogP contribution is 2.40. The molecule has 4 heterocycles. The molecule has 0 spiro atoms. The van der Waals surface area contributed by atoms with Crippen molar-refractivity contribution in [3.8, 4) is 21.9 Å². The smallest absolute Gasteiger partial charge is 0.163 e. The molecule has 0 amide bonds. The van der Waals surface area contributed by atoms with Crippen LogP contribution in [0, 0.1) is 27.7 Å². The van der Waals surface area contributed by atoms with Crippen LogP contribution >= 0.6 is 36.4 Å². The second kappa shape index (κ2) is 21.6. The monoisotopic (exact) mass is 920 g/mol. The van der Waals surface area contributed by atoms with E-state index >= 15 is 0 Å². The summed E-state index contributed by atoms with van der Waals surface area (Å²) in [4.78, 5) is 36.6. The van der Waals surface area contributed by atoms with Crippen LogP contribution < -0.4 is 10.1 Å². The number of fused-ring (bicyclic) bond motifs is 4. The number of hydrogen-bond acceptors (Lipinski definition) is 12. The van der Waals surface area contributed by atoms with Crippen molar-refractivity contribution in [3.63, 3.8) is 0 Å². The van der Waals surface area contributed by atoms with Crippen LogP contribution in [-0.2, 0) is 43.1 Å². The van der Waals surface area contributed by atoms with Crippen molar-refractivity contribution in [2.45, 2.75) is 59.4 Å². The fourth-order valence-corrected chi connectivity index (χ4v) is 9.36. The van der Waals surface area contributed by atoms with Crippen LogP contribution in [0.3, 0.4) is 0 Å². The average molecular weight is 922 g/mol. The Morgan fingerprint density at radius 2 is 1.50 bits per heavy atom. The van der Waals surface area contributed by atoms with Crippen molar-refractivity contribution in [3.05, 3.63) is 139 Å². The van der Waals surface area contributed by atoms with Gasteiger partial charge in [0.2, 0.25) is 0 Å². The minimum Gasteiger partial charge on any atom is -0.491 e. The number of nitrogens with zero attached hydrogens (tertiary/aromatic N) is 5. The molecule has 2 aliphatic rings. The number of pyridine rings is 1. The molecule has 0 bridgehead atoms. The van der Waals surface area contributed by atoms with E-state index in [9.17, 15) is 9.59 Å². The van der Waals surface area contributed by atoms with Gasteiger partial charge in [0.15, 0.2) is 5.82 Å². The Kier molecular flexibility index (Phi) is 15.8. The van der Waals surface area contributed by atoms with Crippen molar-refractivity contribution in [1.29, 1.82) is 0 Å². The molecule has 6 aromatic rings. The fraction of sp³-hybridized carbons (Fsp3) is 0.347. The molecular weight excluding hydrogens is 868 g/mol. The van der Waals surface area contributed by atoms with Gasteiger partial charge in [-0.3, -0.25) is 19.1 Å². The van der Waals surface area contributed by atoms with E-state index in [2.05, 4.69) is 64.0 Å². The lowest BCUT2D eigenvalue weighted by Crippen LogP contribution is -2.15. The van der Waals surface area contributed by atoms with Gasteiger partial charge in [0.25, 0.3) is 0 Å². The van der Waals surface area contributed by atoms with Crippen LogP contribution in [0.1, 0.15) is 67.9 Å². The van der Waals surface area contributed by atoms with E-state index in [0.717, 1.165) is 72.4 Å². The van der Waals surface area contributed by atoms with E-state index in [0.29, 0.717) is 82.2 Å². The molecule has 0 saturated heterocycles. The molecule has 12 nitrogen and oxygen atoms in total. The maximum absolute atomic E-state index is 13.6. The normalized spacial score (nSPS) is 14.0. The zero-order valence-corrected chi connectivity index (χ0v) is 39.1. The predicted octanol–water partition coefficient (Wildman–Crippen LogP) is 8.69. The molecule has 0 unspecified atom stereocenters. The summed E-state index contributed by atoms with van der Waals surface area (Å²) >= 11 is 7.94. The number of Topliss-reactive ketones (excluding diaryl/α,β-unsaturated/α-hetero) is 2. The molecular formula is C49H53ClN6O6S2. The largest absolute Gasteiger partial charge is 0.491 e. The summed E-state index contributed by atoms with van der Waals surface area (Å²) in [5.74, 6) is 3.25. The van der Waals surface area contributed by atoms with E-state index in [-0.39, 0.29) is 37.9 Å². The van der Waals surface area contributed by atoms with Gasteiger partial charge in [0.1, 0.15) is 46.6 Å². The first-order chi connectivity index (χ1) is 30.6. The number of ether oxygens (including phenoxy) is 4. The number of anilines is 1. The summed E-state index contributed by atoms with van der Waals surface area (Å²) < 4.78 is 25.1. The zero-order chi connectivity index (χ0) is 43.9. The van der Waals surface area contributed by atoms with Gasteiger partial charge in [-0.2, -0.15) is 13.5 Å². The molecule has 15 heteroatoms. The summed E-state index contributed by atoms with van der Waals surface area (Å²) in [5.41, 5.74) is 10.3. The molecule has 3 aromatic carbocycles. The lowest BCUT2D eigenvalue weighted by atomic mass is 9.98. The Morgan fingerprint density at radius 1 is 0.812 bits per heavy atom. The number of aryl methyl sites for hydroxylation is 3. The Hall–Kier alpha value is -5.22. The summed E-state index contributed by atoms with van der Waals surface area (Å²) in [7, 11) is 0. The van der Waals surface area contributed by atoms with Crippen LogP contribution in [0.15, 0.2) is 84.0 Å². The highest BCUT2D eigenvalue weighted by molar-refractivity contribution is 7.59. The maximum atomic E-state index is 13.6. The Morgan fingerprint density at radius 3 is 2.25 bits per heavy atom. The number of thiophene rings is 1. The quantitative estimate of drug-likeness (QED) is 0.0741. The van der Waals surface area contributed by atoms with Gasteiger partial charge in [0, 0.05) is 65.0 Å². The topological polar surface area (TPSA) is 139 Å². The molecule has 0 saturated carbocycles. The Bertz CT molecular complexity index is 2630.